The molecule has 226 valence electrons. The second-order valence-electron chi connectivity index (χ2n) is 12.3. The zero-order valence-corrected chi connectivity index (χ0v) is 23.6. The Kier molecular flexibility index (Phi) is 6.22. The van der Waals surface area contributed by atoms with Gasteiger partial charge in [-0.15, -0.1) is 0 Å². The Hall–Kier alpha value is -4.41. The van der Waals surface area contributed by atoms with Crippen molar-refractivity contribution in [3.63, 3.8) is 0 Å². The highest BCUT2D eigenvalue weighted by atomic mass is 19.4. The smallest absolute Gasteiger partial charge is 0.434 e. The molecule has 0 radical (unpaired) electrons. The summed E-state index contributed by atoms with van der Waals surface area (Å²) in [6, 6.07) is 10.3. The van der Waals surface area contributed by atoms with Crippen LogP contribution < -0.4 is 9.64 Å². The molecule has 0 spiro atoms. The fraction of sp³-hybridized carbons (Fsp3) is 0.394. The zero-order chi connectivity index (χ0) is 30.2. The molecule has 11 heteroatoms. The van der Waals surface area contributed by atoms with E-state index in [0.29, 0.717) is 40.3 Å². The summed E-state index contributed by atoms with van der Waals surface area (Å²) < 4.78 is 53.1. The van der Waals surface area contributed by atoms with E-state index >= 15 is 0 Å². The summed E-state index contributed by atoms with van der Waals surface area (Å²) in [5, 5.41) is 14.4. The van der Waals surface area contributed by atoms with Crippen LogP contribution in [0.5, 0.6) is 5.75 Å². The number of anilines is 1. The number of nitrogens with zero attached hydrogens (tertiary/aromatic N) is 4. The number of aromatic nitrogens is 3. The Labute approximate surface area is 250 Å². The number of hydrogen-bond donors (Lipinski definition) is 1. The highest BCUT2D eigenvalue weighted by Crippen LogP contribution is 2.54. The quantitative estimate of drug-likeness (QED) is 0.226. The van der Waals surface area contributed by atoms with Crippen LogP contribution in [-0.2, 0) is 6.18 Å². The minimum absolute atomic E-state index is 0.0319. The van der Waals surface area contributed by atoms with Gasteiger partial charge in [0.2, 0.25) is 0 Å². The van der Waals surface area contributed by atoms with Gasteiger partial charge in [0.1, 0.15) is 17.2 Å². The molecule has 0 bridgehead atoms. The molecule has 3 aliphatic carbocycles. The lowest BCUT2D eigenvalue weighted by atomic mass is 9.96. The summed E-state index contributed by atoms with van der Waals surface area (Å²) in [6.07, 6.45) is 5.55. The number of aromatic carboxylic acids is 1. The molecule has 1 aliphatic heterocycles. The van der Waals surface area contributed by atoms with Gasteiger partial charge in [0, 0.05) is 53.5 Å². The van der Waals surface area contributed by atoms with Crippen LogP contribution in [-0.4, -0.2) is 45.4 Å². The molecule has 2 atom stereocenters. The first-order valence-corrected chi connectivity index (χ1v) is 15.0. The number of piperidine rings is 1. The van der Waals surface area contributed by atoms with Crippen LogP contribution >= 0.6 is 0 Å². The summed E-state index contributed by atoms with van der Waals surface area (Å²) in [4.78, 5) is 21.9. The van der Waals surface area contributed by atoms with Crippen molar-refractivity contribution in [1.82, 2.24) is 15.1 Å². The second kappa shape index (κ2) is 10.1. The van der Waals surface area contributed by atoms with Gasteiger partial charge in [0.15, 0.2) is 11.4 Å². The number of carboxylic acid groups (broad SMARTS) is 1. The molecular formula is C33H29F3N4O4. The molecule has 2 unspecified atom stereocenters. The van der Waals surface area contributed by atoms with E-state index in [2.05, 4.69) is 26.1 Å². The molecule has 0 amide bonds. The van der Waals surface area contributed by atoms with E-state index in [1.54, 1.807) is 0 Å². The van der Waals surface area contributed by atoms with Crippen molar-refractivity contribution < 1.29 is 32.3 Å². The lowest BCUT2D eigenvalue weighted by Crippen LogP contribution is -2.25. The largest absolute Gasteiger partial charge is 0.490 e. The van der Waals surface area contributed by atoms with Gasteiger partial charge in [-0.1, -0.05) is 17.3 Å². The van der Waals surface area contributed by atoms with Gasteiger partial charge in [0.25, 0.3) is 0 Å². The zero-order valence-electron chi connectivity index (χ0n) is 23.6. The van der Waals surface area contributed by atoms with E-state index in [-0.39, 0.29) is 29.0 Å². The molecule has 4 heterocycles. The standard InChI is InChI=1S/C33H29F3N4O4/c34-33(35,36)31-22(5-2-12-37-31)29-21(30(44-39-29)17-6-7-17)10-9-20-24-15-40(16-25(20)24)18-8-11-26-23(13-18)28(43-19-3-1-4-19)14-27(38-26)32(41)42/h2,5,8-14,17,19-20,24-25H,1,3-4,6-7,15-16H2,(H,41,42). The lowest BCUT2D eigenvalue weighted by molar-refractivity contribution is -0.140. The summed E-state index contributed by atoms with van der Waals surface area (Å²) in [6.45, 7) is 1.69. The predicted octanol–water partition coefficient (Wildman–Crippen LogP) is 7.21. The maximum Gasteiger partial charge on any atom is 0.434 e. The third-order valence-corrected chi connectivity index (χ3v) is 9.47. The molecule has 4 aromatic rings. The number of rotatable bonds is 8. The van der Waals surface area contributed by atoms with Gasteiger partial charge < -0.3 is 19.3 Å². The Bertz CT molecular complexity index is 1800. The highest BCUT2D eigenvalue weighted by Gasteiger charge is 2.54. The maximum atomic E-state index is 13.8. The van der Waals surface area contributed by atoms with Gasteiger partial charge >= 0.3 is 12.1 Å². The Morgan fingerprint density at radius 1 is 1.09 bits per heavy atom. The molecule has 8 rings (SSSR count). The normalized spacial score (nSPS) is 23.2. The molecule has 3 saturated carbocycles. The van der Waals surface area contributed by atoms with E-state index in [4.69, 9.17) is 9.26 Å². The number of pyridine rings is 2. The van der Waals surface area contributed by atoms with Gasteiger partial charge in [-0.05, 0) is 80.2 Å². The monoisotopic (exact) mass is 602 g/mol. The van der Waals surface area contributed by atoms with Gasteiger partial charge in [-0.2, -0.15) is 13.2 Å². The van der Waals surface area contributed by atoms with Crippen LogP contribution in [0.3, 0.4) is 0 Å². The Morgan fingerprint density at radius 3 is 2.57 bits per heavy atom. The van der Waals surface area contributed by atoms with Crippen molar-refractivity contribution in [2.75, 3.05) is 18.0 Å². The van der Waals surface area contributed by atoms with Crippen molar-refractivity contribution in [1.29, 1.82) is 0 Å². The summed E-state index contributed by atoms with van der Waals surface area (Å²) in [7, 11) is 0. The van der Waals surface area contributed by atoms with Gasteiger partial charge in [0.05, 0.1) is 11.6 Å². The van der Waals surface area contributed by atoms with E-state index in [1.165, 1.54) is 18.2 Å². The first kappa shape index (κ1) is 27.2. The van der Waals surface area contributed by atoms with Crippen molar-refractivity contribution in [3.05, 3.63) is 71.4 Å². The van der Waals surface area contributed by atoms with E-state index in [9.17, 15) is 23.1 Å². The van der Waals surface area contributed by atoms with Crippen molar-refractivity contribution >= 4 is 28.6 Å². The first-order valence-electron chi connectivity index (χ1n) is 15.0. The Balaban J connectivity index is 1.02. The highest BCUT2D eigenvalue weighted by molar-refractivity contribution is 5.94. The lowest BCUT2D eigenvalue weighted by Gasteiger charge is -2.27. The molecule has 1 N–H and O–H groups in total. The summed E-state index contributed by atoms with van der Waals surface area (Å²) in [5.74, 6) is 1.47. The number of carbonyl (C=O) groups is 1. The molecular weight excluding hydrogens is 573 g/mol. The molecule has 8 nitrogen and oxygen atoms in total. The van der Waals surface area contributed by atoms with E-state index < -0.39 is 17.8 Å². The molecule has 1 aromatic carbocycles. The molecule has 4 aliphatic rings. The number of halogens is 3. The van der Waals surface area contributed by atoms with Crippen LogP contribution in [0.15, 0.2) is 53.2 Å². The Morgan fingerprint density at radius 2 is 1.89 bits per heavy atom. The average Bonchev–Trinajstić information content (AvgIpc) is 3.84. The fourth-order valence-corrected chi connectivity index (χ4v) is 6.66. The number of carboxylic acids is 1. The number of allylic oxidation sites excluding steroid dienone is 1. The molecule has 44 heavy (non-hydrogen) atoms. The van der Waals surface area contributed by atoms with Crippen LogP contribution in [0.2, 0.25) is 0 Å². The minimum atomic E-state index is -4.60. The molecule has 3 aromatic heterocycles. The SMILES string of the molecule is O=C(O)c1cc(OC2CCC2)c2cc(N3CC4C(C=Cc5c(-c6cccnc6C(F)(F)F)noc5C5CC5)C4C3)ccc2n1. The summed E-state index contributed by atoms with van der Waals surface area (Å²) >= 11 is 0. The van der Waals surface area contributed by atoms with Crippen molar-refractivity contribution in [2.45, 2.75) is 50.3 Å². The van der Waals surface area contributed by atoms with Crippen LogP contribution in [0.1, 0.15) is 65.5 Å². The second-order valence-corrected chi connectivity index (χ2v) is 12.3. The summed E-state index contributed by atoms with van der Waals surface area (Å²) in [5.41, 5.74) is 1.36. The van der Waals surface area contributed by atoms with Crippen LogP contribution in [0, 0.1) is 17.8 Å². The van der Waals surface area contributed by atoms with Gasteiger partial charge in [-0.25, -0.2) is 9.78 Å². The third-order valence-electron chi connectivity index (χ3n) is 9.47. The number of hydrogen-bond acceptors (Lipinski definition) is 7. The number of ether oxygens (including phenoxy) is 1. The average molecular weight is 603 g/mol. The molecule has 4 fully saturated rings. The first-order chi connectivity index (χ1) is 21.2. The maximum absolute atomic E-state index is 13.8. The predicted molar refractivity (Wildman–Crippen MR) is 155 cm³/mol. The van der Waals surface area contributed by atoms with E-state index in [1.807, 2.05) is 24.3 Å². The number of fused-ring (bicyclic) bond motifs is 2. The fourth-order valence-electron chi connectivity index (χ4n) is 6.66. The van der Waals surface area contributed by atoms with Crippen molar-refractivity contribution in [3.8, 4) is 17.0 Å². The van der Waals surface area contributed by atoms with Crippen LogP contribution in [0.4, 0.5) is 18.9 Å². The van der Waals surface area contributed by atoms with Crippen molar-refractivity contribution in [2.24, 2.45) is 17.8 Å². The number of alkyl halides is 3. The van der Waals surface area contributed by atoms with Crippen LogP contribution in [0.25, 0.3) is 28.2 Å². The minimum Gasteiger partial charge on any atom is -0.490 e. The van der Waals surface area contributed by atoms with E-state index in [0.717, 1.165) is 62.5 Å². The molecule has 1 saturated heterocycles. The van der Waals surface area contributed by atoms with Gasteiger partial charge in [-0.3, -0.25) is 4.98 Å². The number of benzene rings is 1. The third kappa shape index (κ3) is 4.78. The topological polar surface area (TPSA) is 102 Å².